The van der Waals surface area contributed by atoms with E-state index >= 15 is 0 Å². The number of carbonyl (C=O) groups is 2. The minimum Gasteiger partial charge on any atom is -0.497 e. The number of ketones is 1. The number of aryl methyl sites for hydroxylation is 2. The van der Waals surface area contributed by atoms with E-state index in [0.717, 1.165) is 53.5 Å². The highest BCUT2D eigenvalue weighted by Gasteiger charge is 2.24. The van der Waals surface area contributed by atoms with Gasteiger partial charge in [0.1, 0.15) is 5.75 Å². The maximum atomic E-state index is 13.1. The van der Waals surface area contributed by atoms with Crippen LogP contribution >= 0.6 is 0 Å². The average Bonchev–Trinajstić information content (AvgIpc) is 3.17. The smallest absolute Gasteiger partial charge is 0.222 e. The number of ether oxygens (including phenoxy) is 1. The zero-order valence-electron chi connectivity index (χ0n) is 20.3. The van der Waals surface area contributed by atoms with Crippen molar-refractivity contribution in [3.63, 3.8) is 0 Å². The number of carbonyl (C=O) groups excluding carboxylic acids is 2. The number of aromatic nitrogens is 1. The van der Waals surface area contributed by atoms with Gasteiger partial charge in [-0.05, 0) is 56.2 Å². The van der Waals surface area contributed by atoms with Gasteiger partial charge < -0.3 is 14.2 Å². The second-order valence-corrected chi connectivity index (χ2v) is 8.88. The summed E-state index contributed by atoms with van der Waals surface area (Å²) < 4.78 is 7.32. The van der Waals surface area contributed by atoms with Crippen LogP contribution in [-0.4, -0.2) is 65.9 Å². The summed E-state index contributed by atoms with van der Waals surface area (Å²) in [6, 6.07) is 20.0. The molecule has 0 N–H and O–H groups in total. The van der Waals surface area contributed by atoms with Crippen LogP contribution in [0.4, 0.5) is 0 Å². The molecule has 1 aromatic heterocycles. The number of Topliss-reactive ketones (excluding diaryl/α,β-unsaturated/α-hetero) is 1. The largest absolute Gasteiger partial charge is 0.497 e. The number of benzene rings is 2. The third-order valence-electron chi connectivity index (χ3n) is 6.62. The molecule has 0 radical (unpaired) electrons. The summed E-state index contributed by atoms with van der Waals surface area (Å²) >= 11 is 0. The Morgan fingerprint density at radius 1 is 0.912 bits per heavy atom. The zero-order valence-corrected chi connectivity index (χ0v) is 20.3. The second-order valence-electron chi connectivity index (χ2n) is 8.88. The molecule has 178 valence electrons. The predicted octanol–water partition coefficient (Wildman–Crippen LogP) is 4.06. The van der Waals surface area contributed by atoms with E-state index in [9.17, 15) is 9.59 Å². The van der Waals surface area contributed by atoms with Crippen LogP contribution in [0.15, 0.2) is 60.7 Å². The van der Waals surface area contributed by atoms with E-state index in [1.54, 1.807) is 7.11 Å². The second kappa shape index (κ2) is 10.7. The van der Waals surface area contributed by atoms with Gasteiger partial charge in [-0.3, -0.25) is 14.5 Å². The number of rotatable bonds is 8. The normalized spacial score (nSPS) is 14.3. The van der Waals surface area contributed by atoms with Crippen molar-refractivity contribution >= 4 is 11.7 Å². The Balaban J connectivity index is 1.28. The fourth-order valence-corrected chi connectivity index (χ4v) is 4.66. The lowest BCUT2D eigenvalue weighted by molar-refractivity contribution is -0.132. The van der Waals surface area contributed by atoms with Gasteiger partial charge >= 0.3 is 0 Å². The van der Waals surface area contributed by atoms with Crippen LogP contribution in [-0.2, 0) is 11.2 Å². The standard InChI is InChI=1S/C28H33N3O3/c1-21-19-26(22(2)31(21)24-7-5-4-6-8-24)27(32)20-29-15-17-30(18-16-29)28(33)14-11-23-9-12-25(34-3)13-10-23/h4-10,12-13,19H,11,14-18,20H2,1-3H3. The summed E-state index contributed by atoms with van der Waals surface area (Å²) in [7, 11) is 1.65. The molecule has 6 heteroatoms. The van der Waals surface area contributed by atoms with Crippen molar-refractivity contribution < 1.29 is 14.3 Å². The highest BCUT2D eigenvalue weighted by Crippen LogP contribution is 2.21. The number of methoxy groups -OCH3 is 1. The fraction of sp³-hybridized carbons (Fsp3) is 0.357. The Labute approximate surface area is 201 Å². The molecule has 1 amide bonds. The molecule has 0 saturated carbocycles. The summed E-state index contributed by atoms with van der Waals surface area (Å²) in [5.41, 5.74) is 5.00. The maximum Gasteiger partial charge on any atom is 0.222 e. The quantitative estimate of drug-likeness (QED) is 0.477. The first-order chi connectivity index (χ1) is 16.5. The van der Waals surface area contributed by atoms with E-state index < -0.39 is 0 Å². The SMILES string of the molecule is COc1ccc(CCC(=O)N2CCN(CC(=O)c3cc(C)n(-c4ccccc4)c3C)CC2)cc1. The van der Waals surface area contributed by atoms with E-state index in [-0.39, 0.29) is 11.7 Å². The summed E-state index contributed by atoms with van der Waals surface area (Å²) in [6.07, 6.45) is 1.22. The lowest BCUT2D eigenvalue weighted by Crippen LogP contribution is -2.50. The molecule has 0 spiro atoms. The molecule has 0 aliphatic carbocycles. The molecular formula is C28H33N3O3. The number of nitrogens with zero attached hydrogens (tertiary/aromatic N) is 3. The maximum absolute atomic E-state index is 13.1. The lowest BCUT2D eigenvalue weighted by Gasteiger charge is -2.34. The molecule has 0 bridgehead atoms. The molecule has 1 fully saturated rings. The molecular weight excluding hydrogens is 426 g/mol. The van der Waals surface area contributed by atoms with E-state index in [2.05, 4.69) is 21.6 Å². The Bertz CT molecular complexity index is 1130. The molecule has 2 heterocycles. The Morgan fingerprint density at radius 2 is 1.59 bits per heavy atom. The van der Waals surface area contributed by atoms with Crippen molar-refractivity contribution in [3.05, 3.63) is 83.2 Å². The van der Waals surface area contributed by atoms with Crippen LogP contribution in [0.1, 0.15) is 33.7 Å². The van der Waals surface area contributed by atoms with Gasteiger partial charge in [0.25, 0.3) is 0 Å². The van der Waals surface area contributed by atoms with Gasteiger partial charge in [-0.1, -0.05) is 30.3 Å². The van der Waals surface area contributed by atoms with Gasteiger partial charge in [-0.15, -0.1) is 0 Å². The minimum atomic E-state index is 0.134. The number of para-hydroxylation sites is 1. The summed E-state index contributed by atoms with van der Waals surface area (Å²) in [6.45, 7) is 7.19. The van der Waals surface area contributed by atoms with Gasteiger partial charge in [0, 0.05) is 55.2 Å². The van der Waals surface area contributed by atoms with E-state index in [1.165, 1.54) is 0 Å². The molecule has 0 atom stereocenters. The number of amides is 1. The van der Waals surface area contributed by atoms with Gasteiger partial charge in [0.15, 0.2) is 5.78 Å². The number of hydrogen-bond acceptors (Lipinski definition) is 4. The van der Waals surface area contributed by atoms with Crippen LogP contribution < -0.4 is 4.74 Å². The minimum absolute atomic E-state index is 0.134. The van der Waals surface area contributed by atoms with Gasteiger partial charge in [-0.2, -0.15) is 0 Å². The van der Waals surface area contributed by atoms with Crippen molar-refractivity contribution in [2.45, 2.75) is 26.7 Å². The topological polar surface area (TPSA) is 54.8 Å². The third-order valence-corrected chi connectivity index (χ3v) is 6.62. The Morgan fingerprint density at radius 3 is 2.24 bits per heavy atom. The lowest BCUT2D eigenvalue weighted by atomic mass is 10.1. The Hall–Kier alpha value is -3.38. The monoisotopic (exact) mass is 459 g/mol. The third kappa shape index (κ3) is 5.39. The molecule has 6 nitrogen and oxygen atoms in total. The van der Waals surface area contributed by atoms with Crippen molar-refractivity contribution in [2.75, 3.05) is 39.8 Å². The van der Waals surface area contributed by atoms with Crippen molar-refractivity contribution in [1.29, 1.82) is 0 Å². The summed E-state index contributed by atoms with van der Waals surface area (Å²) in [5.74, 6) is 1.13. The van der Waals surface area contributed by atoms with Crippen LogP contribution in [0.2, 0.25) is 0 Å². The van der Waals surface area contributed by atoms with Crippen molar-refractivity contribution in [1.82, 2.24) is 14.4 Å². The predicted molar refractivity (Wildman–Crippen MR) is 134 cm³/mol. The molecule has 4 rings (SSSR count). The molecule has 0 unspecified atom stereocenters. The van der Waals surface area contributed by atoms with Gasteiger partial charge in [0.05, 0.1) is 13.7 Å². The van der Waals surface area contributed by atoms with E-state index in [0.29, 0.717) is 26.1 Å². The fourth-order valence-electron chi connectivity index (χ4n) is 4.66. The van der Waals surface area contributed by atoms with Crippen molar-refractivity contribution in [2.24, 2.45) is 0 Å². The van der Waals surface area contributed by atoms with Crippen LogP contribution in [0.5, 0.6) is 5.75 Å². The molecule has 1 aliphatic rings. The molecule has 2 aromatic carbocycles. The molecule has 1 aliphatic heterocycles. The van der Waals surface area contributed by atoms with E-state index in [4.69, 9.17) is 4.74 Å². The summed E-state index contributed by atoms with van der Waals surface area (Å²) in [4.78, 5) is 29.9. The molecule has 3 aromatic rings. The first kappa shape index (κ1) is 23.8. The van der Waals surface area contributed by atoms with Crippen LogP contribution in [0, 0.1) is 13.8 Å². The molecule has 34 heavy (non-hydrogen) atoms. The van der Waals surface area contributed by atoms with Crippen molar-refractivity contribution in [3.8, 4) is 11.4 Å². The first-order valence-electron chi connectivity index (χ1n) is 11.9. The average molecular weight is 460 g/mol. The number of hydrogen-bond donors (Lipinski definition) is 0. The zero-order chi connectivity index (χ0) is 24.1. The molecule has 1 saturated heterocycles. The van der Waals surface area contributed by atoms with Crippen LogP contribution in [0.3, 0.4) is 0 Å². The highest BCUT2D eigenvalue weighted by atomic mass is 16.5. The van der Waals surface area contributed by atoms with E-state index in [1.807, 2.05) is 67.3 Å². The summed E-state index contributed by atoms with van der Waals surface area (Å²) in [5, 5.41) is 0. The highest BCUT2D eigenvalue weighted by molar-refractivity contribution is 5.99. The van der Waals surface area contributed by atoms with Crippen LogP contribution in [0.25, 0.3) is 5.69 Å². The number of piperazine rings is 1. The van der Waals surface area contributed by atoms with Gasteiger partial charge in [0.2, 0.25) is 5.91 Å². The first-order valence-corrected chi connectivity index (χ1v) is 11.9. The Kier molecular flexibility index (Phi) is 7.48. The van der Waals surface area contributed by atoms with Gasteiger partial charge in [-0.25, -0.2) is 0 Å².